The van der Waals surface area contributed by atoms with E-state index < -0.39 is 0 Å². The Morgan fingerprint density at radius 3 is 3.10 bits per heavy atom. The highest BCUT2D eigenvalue weighted by Crippen LogP contribution is 2.23. The van der Waals surface area contributed by atoms with Gasteiger partial charge in [-0.15, -0.1) is 11.3 Å². The SMILES string of the molecule is Nc1nccc2ccsc12. The Kier molecular flexibility index (Phi) is 1.11. The van der Waals surface area contributed by atoms with Gasteiger partial charge in [0, 0.05) is 6.20 Å². The molecule has 0 atom stereocenters. The smallest absolute Gasteiger partial charge is 0.141 e. The van der Waals surface area contributed by atoms with Crippen LogP contribution in [0.2, 0.25) is 0 Å². The molecule has 0 aliphatic heterocycles. The Bertz CT molecular complexity index is 353. The van der Waals surface area contributed by atoms with Crippen molar-refractivity contribution in [2.45, 2.75) is 0 Å². The molecule has 0 aliphatic carbocycles. The highest BCUT2D eigenvalue weighted by atomic mass is 32.1. The lowest BCUT2D eigenvalue weighted by Crippen LogP contribution is -1.86. The van der Waals surface area contributed by atoms with Crippen LogP contribution < -0.4 is 5.73 Å². The van der Waals surface area contributed by atoms with Crippen LogP contribution in [0, 0.1) is 0 Å². The number of nitrogens with zero attached hydrogens (tertiary/aromatic N) is 1. The average Bonchev–Trinajstić information content (AvgIpc) is 2.36. The number of thiophene rings is 1. The van der Waals surface area contributed by atoms with E-state index in [9.17, 15) is 0 Å². The Morgan fingerprint density at radius 2 is 2.30 bits per heavy atom. The summed E-state index contributed by atoms with van der Waals surface area (Å²) in [5.41, 5.74) is 5.60. The molecule has 2 N–H and O–H groups in total. The van der Waals surface area contributed by atoms with Gasteiger partial charge in [0.1, 0.15) is 5.82 Å². The van der Waals surface area contributed by atoms with Crippen molar-refractivity contribution in [2.75, 3.05) is 5.73 Å². The lowest BCUT2D eigenvalue weighted by atomic mass is 10.3. The number of hydrogen-bond acceptors (Lipinski definition) is 3. The second kappa shape index (κ2) is 1.95. The van der Waals surface area contributed by atoms with Crippen LogP contribution in [-0.2, 0) is 0 Å². The summed E-state index contributed by atoms with van der Waals surface area (Å²) in [6.45, 7) is 0. The first-order valence-electron chi connectivity index (χ1n) is 2.95. The lowest BCUT2D eigenvalue weighted by molar-refractivity contribution is 1.38. The van der Waals surface area contributed by atoms with Crippen LogP contribution in [0.4, 0.5) is 5.82 Å². The fourth-order valence-electron chi connectivity index (χ4n) is 0.915. The molecule has 0 aromatic carbocycles. The van der Waals surface area contributed by atoms with Crippen LogP contribution in [0.5, 0.6) is 0 Å². The van der Waals surface area contributed by atoms with Gasteiger partial charge in [-0.1, -0.05) is 0 Å². The summed E-state index contributed by atoms with van der Waals surface area (Å²) in [6.07, 6.45) is 1.73. The zero-order chi connectivity index (χ0) is 6.97. The molecule has 2 aromatic heterocycles. The van der Waals surface area contributed by atoms with E-state index in [0.29, 0.717) is 5.82 Å². The van der Waals surface area contributed by atoms with Crippen molar-refractivity contribution in [3.05, 3.63) is 23.7 Å². The van der Waals surface area contributed by atoms with Gasteiger partial charge >= 0.3 is 0 Å². The molecule has 0 saturated heterocycles. The molecule has 0 aliphatic rings. The van der Waals surface area contributed by atoms with Crippen LogP contribution in [0.3, 0.4) is 0 Å². The van der Waals surface area contributed by atoms with Crippen LogP contribution in [0.15, 0.2) is 23.7 Å². The fourth-order valence-corrected chi connectivity index (χ4v) is 1.71. The second-order valence-corrected chi connectivity index (χ2v) is 2.95. The van der Waals surface area contributed by atoms with E-state index in [4.69, 9.17) is 5.73 Å². The van der Waals surface area contributed by atoms with Crippen molar-refractivity contribution in [1.29, 1.82) is 0 Å². The summed E-state index contributed by atoms with van der Waals surface area (Å²) in [5.74, 6) is 0.632. The quantitative estimate of drug-likeness (QED) is 0.622. The van der Waals surface area contributed by atoms with E-state index in [1.54, 1.807) is 17.5 Å². The number of anilines is 1. The zero-order valence-electron chi connectivity index (χ0n) is 5.24. The van der Waals surface area contributed by atoms with Crippen molar-refractivity contribution in [3.8, 4) is 0 Å². The minimum absolute atomic E-state index is 0.632. The molecule has 0 radical (unpaired) electrons. The molecule has 0 saturated carbocycles. The molecule has 50 valence electrons. The average molecular weight is 150 g/mol. The number of fused-ring (bicyclic) bond motifs is 1. The molecule has 2 aromatic rings. The fraction of sp³-hybridized carbons (Fsp3) is 0. The summed E-state index contributed by atoms with van der Waals surface area (Å²) in [7, 11) is 0. The van der Waals surface area contributed by atoms with Crippen LogP contribution in [0.1, 0.15) is 0 Å². The first-order valence-corrected chi connectivity index (χ1v) is 3.83. The number of nitrogens with two attached hydrogens (primary N) is 1. The predicted octanol–water partition coefficient (Wildman–Crippen LogP) is 1.88. The third-order valence-electron chi connectivity index (χ3n) is 1.40. The molecule has 0 unspecified atom stereocenters. The van der Waals surface area contributed by atoms with Gasteiger partial charge in [0.15, 0.2) is 0 Å². The normalized spacial score (nSPS) is 10.4. The van der Waals surface area contributed by atoms with Gasteiger partial charge in [-0.25, -0.2) is 4.98 Å². The summed E-state index contributed by atoms with van der Waals surface area (Å²) in [5, 5.41) is 3.19. The van der Waals surface area contributed by atoms with E-state index in [1.807, 2.05) is 17.5 Å². The molecular weight excluding hydrogens is 144 g/mol. The van der Waals surface area contributed by atoms with Crippen molar-refractivity contribution < 1.29 is 0 Å². The van der Waals surface area contributed by atoms with E-state index in [0.717, 1.165) is 4.70 Å². The first kappa shape index (κ1) is 5.68. The Morgan fingerprint density at radius 1 is 1.40 bits per heavy atom. The maximum atomic E-state index is 5.60. The maximum Gasteiger partial charge on any atom is 0.141 e. The summed E-state index contributed by atoms with van der Waals surface area (Å²) >= 11 is 1.63. The molecule has 0 bridgehead atoms. The van der Waals surface area contributed by atoms with Crippen LogP contribution in [-0.4, -0.2) is 4.98 Å². The largest absolute Gasteiger partial charge is 0.383 e. The van der Waals surface area contributed by atoms with Crippen molar-refractivity contribution in [2.24, 2.45) is 0 Å². The Balaban J connectivity index is 2.95. The maximum absolute atomic E-state index is 5.60. The first-order chi connectivity index (χ1) is 4.88. The molecule has 3 heteroatoms. The van der Waals surface area contributed by atoms with Gasteiger partial charge < -0.3 is 5.73 Å². The highest BCUT2D eigenvalue weighted by molar-refractivity contribution is 7.17. The Labute approximate surface area is 62.3 Å². The van der Waals surface area contributed by atoms with E-state index in [-0.39, 0.29) is 0 Å². The molecule has 2 rings (SSSR count). The number of pyridine rings is 1. The monoisotopic (exact) mass is 150 g/mol. The minimum atomic E-state index is 0.632. The summed E-state index contributed by atoms with van der Waals surface area (Å²) < 4.78 is 1.09. The van der Waals surface area contributed by atoms with E-state index in [1.165, 1.54) is 5.39 Å². The molecule has 2 heterocycles. The van der Waals surface area contributed by atoms with Gasteiger partial charge in [0.05, 0.1) is 4.70 Å². The van der Waals surface area contributed by atoms with Gasteiger partial charge in [-0.3, -0.25) is 0 Å². The second-order valence-electron chi connectivity index (χ2n) is 2.04. The van der Waals surface area contributed by atoms with Crippen molar-refractivity contribution in [1.82, 2.24) is 4.98 Å². The van der Waals surface area contributed by atoms with Crippen LogP contribution in [0.25, 0.3) is 10.1 Å². The summed E-state index contributed by atoms with van der Waals surface area (Å²) in [6, 6.07) is 4.00. The van der Waals surface area contributed by atoms with Crippen molar-refractivity contribution >= 4 is 27.2 Å². The van der Waals surface area contributed by atoms with Crippen molar-refractivity contribution in [3.63, 3.8) is 0 Å². The number of rotatable bonds is 0. The van der Waals surface area contributed by atoms with E-state index >= 15 is 0 Å². The third kappa shape index (κ3) is 0.675. The molecule has 10 heavy (non-hydrogen) atoms. The standard InChI is InChI=1S/C7H6N2S/c8-7-6-5(1-3-9-7)2-4-10-6/h1-4H,(H2,8,9). The van der Waals surface area contributed by atoms with Gasteiger partial charge in [-0.2, -0.15) is 0 Å². The van der Waals surface area contributed by atoms with Gasteiger partial charge in [-0.05, 0) is 22.9 Å². The molecule has 2 nitrogen and oxygen atoms in total. The van der Waals surface area contributed by atoms with Crippen LogP contribution >= 0.6 is 11.3 Å². The third-order valence-corrected chi connectivity index (χ3v) is 2.35. The predicted molar refractivity (Wildman–Crippen MR) is 44.0 cm³/mol. The minimum Gasteiger partial charge on any atom is -0.383 e. The molecule has 0 spiro atoms. The lowest BCUT2D eigenvalue weighted by Gasteiger charge is -1.90. The summed E-state index contributed by atoms with van der Waals surface area (Å²) in [4.78, 5) is 3.97. The number of aromatic nitrogens is 1. The van der Waals surface area contributed by atoms with Gasteiger partial charge in [0.25, 0.3) is 0 Å². The highest BCUT2D eigenvalue weighted by Gasteiger charge is 1.96. The number of nitrogen functional groups attached to an aromatic ring is 1. The Hall–Kier alpha value is -1.09. The topological polar surface area (TPSA) is 38.9 Å². The molecular formula is C7H6N2S. The zero-order valence-corrected chi connectivity index (χ0v) is 6.06. The number of hydrogen-bond donors (Lipinski definition) is 1. The molecule has 0 fully saturated rings. The van der Waals surface area contributed by atoms with E-state index in [2.05, 4.69) is 4.98 Å². The van der Waals surface area contributed by atoms with Gasteiger partial charge in [0.2, 0.25) is 0 Å². The molecule has 0 amide bonds.